The molecule has 4 rings (SSSR count). The molecule has 0 atom stereocenters. The molecule has 0 saturated heterocycles. The van der Waals surface area contributed by atoms with E-state index in [4.69, 9.17) is 15.2 Å². The SMILES string of the molecule is Nc1ncc(COc2ccc(-c3cn(C(=O)NCCCOc4ccccc4)cn3)cc2)s1. The molecule has 2 aromatic heterocycles. The predicted molar refractivity (Wildman–Crippen MR) is 124 cm³/mol. The number of anilines is 1. The number of ether oxygens (including phenoxy) is 2. The summed E-state index contributed by atoms with van der Waals surface area (Å²) in [4.78, 5) is 21.6. The van der Waals surface area contributed by atoms with Gasteiger partial charge in [-0.15, -0.1) is 0 Å². The number of amides is 1. The van der Waals surface area contributed by atoms with Crippen molar-refractivity contribution >= 4 is 22.5 Å². The fraction of sp³-hybridized carbons (Fsp3) is 0.174. The lowest BCUT2D eigenvalue weighted by molar-refractivity contribution is 0.240. The van der Waals surface area contributed by atoms with Crippen molar-refractivity contribution in [2.45, 2.75) is 13.0 Å². The number of carbonyl (C=O) groups excluding carboxylic acids is 1. The van der Waals surface area contributed by atoms with Crippen molar-refractivity contribution in [2.24, 2.45) is 0 Å². The number of nitrogen functional groups attached to an aromatic ring is 1. The number of hydrogen-bond acceptors (Lipinski definition) is 7. The number of aromatic nitrogens is 3. The number of nitrogens with two attached hydrogens (primary N) is 1. The van der Waals surface area contributed by atoms with Crippen molar-refractivity contribution in [3.05, 3.63) is 78.2 Å². The van der Waals surface area contributed by atoms with Gasteiger partial charge in [0.1, 0.15) is 24.4 Å². The van der Waals surface area contributed by atoms with E-state index in [0.29, 0.717) is 37.0 Å². The van der Waals surface area contributed by atoms with Crippen LogP contribution in [0.4, 0.5) is 9.93 Å². The molecule has 2 aromatic carbocycles. The highest BCUT2D eigenvalue weighted by atomic mass is 32.1. The summed E-state index contributed by atoms with van der Waals surface area (Å²) in [6.07, 6.45) is 5.62. The first kappa shape index (κ1) is 21.4. The highest BCUT2D eigenvalue weighted by Crippen LogP contribution is 2.22. The third-order valence-corrected chi connectivity index (χ3v) is 5.33. The van der Waals surface area contributed by atoms with E-state index in [2.05, 4.69) is 15.3 Å². The highest BCUT2D eigenvalue weighted by molar-refractivity contribution is 7.15. The van der Waals surface area contributed by atoms with Crippen LogP contribution in [-0.2, 0) is 6.61 Å². The zero-order valence-electron chi connectivity index (χ0n) is 17.3. The van der Waals surface area contributed by atoms with Gasteiger partial charge >= 0.3 is 6.03 Å². The summed E-state index contributed by atoms with van der Waals surface area (Å²) in [5, 5.41) is 3.39. The number of benzene rings is 2. The van der Waals surface area contributed by atoms with Crippen LogP contribution in [0, 0.1) is 0 Å². The number of imidazole rings is 1. The molecule has 4 aromatic rings. The lowest BCUT2D eigenvalue weighted by Gasteiger charge is -2.07. The van der Waals surface area contributed by atoms with Crippen molar-refractivity contribution in [3.8, 4) is 22.8 Å². The molecular weight excluding hydrogens is 426 g/mol. The second-order valence-corrected chi connectivity index (χ2v) is 8.04. The number of nitrogens with one attached hydrogen (secondary N) is 1. The van der Waals surface area contributed by atoms with E-state index >= 15 is 0 Å². The van der Waals surface area contributed by atoms with Gasteiger partial charge in [-0.2, -0.15) is 0 Å². The Bertz CT molecular complexity index is 1140. The Morgan fingerprint density at radius 1 is 1.03 bits per heavy atom. The maximum Gasteiger partial charge on any atom is 0.326 e. The molecule has 2 heterocycles. The van der Waals surface area contributed by atoms with Gasteiger partial charge in [0.25, 0.3) is 0 Å². The summed E-state index contributed by atoms with van der Waals surface area (Å²) in [5.41, 5.74) is 7.22. The predicted octanol–water partition coefficient (Wildman–Crippen LogP) is 4.19. The molecule has 1 amide bonds. The zero-order valence-corrected chi connectivity index (χ0v) is 18.1. The molecule has 0 saturated carbocycles. The summed E-state index contributed by atoms with van der Waals surface area (Å²) < 4.78 is 12.8. The molecule has 32 heavy (non-hydrogen) atoms. The molecule has 9 heteroatoms. The van der Waals surface area contributed by atoms with E-state index < -0.39 is 0 Å². The standard InChI is InChI=1S/C23H23N5O3S/c24-22-26-13-20(32-22)15-31-19-9-7-17(8-10-19)21-14-28(16-27-21)23(29)25-11-4-12-30-18-5-2-1-3-6-18/h1-3,5-10,13-14,16H,4,11-12,15H2,(H2,24,26)(H,25,29). The van der Waals surface area contributed by atoms with Crippen molar-refractivity contribution in [1.29, 1.82) is 0 Å². The van der Waals surface area contributed by atoms with Gasteiger partial charge in [0, 0.05) is 24.5 Å². The lowest BCUT2D eigenvalue weighted by Crippen LogP contribution is -2.29. The van der Waals surface area contributed by atoms with Crippen LogP contribution >= 0.6 is 11.3 Å². The molecule has 0 spiro atoms. The van der Waals surface area contributed by atoms with Crippen LogP contribution < -0.4 is 20.5 Å². The molecule has 164 valence electrons. The zero-order chi connectivity index (χ0) is 22.2. The van der Waals surface area contributed by atoms with Crippen LogP contribution in [0.5, 0.6) is 11.5 Å². The molecule has 0 aliphatic carbocycles. The molecule has 3 N–H and O–H groups in total. The summed E-state index contributed by atoms with van der Waals surface area (Å²) in [5.74, 6) is 1.55. The van der Waals surface area contributed by atoms with Gasteiger partial charge in [0.05, 0.1) is 17.2 Å². The first-order valence-electron chi connectivity index (χ1n) is 10.1. The Labute approximate surface area is 189 Å². The summed E-state index contributed by atoms with van der Waals surface area (Å²) in [6.45, 7) is 1.46. The summed E-state index contributed by atoms with van der Waals surface area (Å²) in [7, 11) is 0. The van der Waals surface area contributed by atoms with E-state index in [-0.39, 0.29) is 6.03 Å². The molecular formula is C23H23N5O3S. The fourth-order valence-corrected chi connectivity index (χ4v) is 3.51. The van der Waals surface area contributed by atoms with Gasteiger partial charge < -0.3 is 20.5 Å². The lowest BCUT2D eigenvalue weighted by atomic mass is 10.2. The average molecular weight is 450 g/mol. The Morgan fingerprint density at radius 2 is 1.81 bits per heavy atom. The largest absolute Gasteiger partial charge is 0.494 e. The van der Waals surface area contributed by atoms with Crippen LogP contribution in [-0.4, -0.2) is 33.7 Å². The molecule has 0 unspecified atom stereocenters. The Balaban J connectivity index is 1.23. The molecule has 0 bridgehead atoms. The van der Waals surface area contributed by atoms with Crippen molar-refractivity contribution < 1.29 is 14.3 Å². The van der Waals surface area contributed by atoms with Crippen LogP contribution in [0.3, 0.4) is 0 Å². The van der Waals surface area contributed by atoms with E-state index in [1.807, 2.05) is 54.6 Å². The maximum absolute atomic E-state index is 12.3. The minimum atomic E-state index is -0.229. The highest BCUT2D eigenvalue weighted by Gasteiger charge is 2.08. The van der Waals surface area contributed by atoms with Crippen LogP contribution in [0.15, 0.2) is 73.3 Å². The van der Waals surface area contributed by atoms with Crippen LogP contribution in [0.2, 0.25) is 0 Å². The van der Waals surface area contributed by atoms with Crippen molar-refractivity contribution in [3.63, 3.8) is 0 Å². The summed E-state index contributed by atoms with van der Waals surface area (Å²) in [6, 6.07) is 16.9. The topological polar surface area (TPSA) is 104 Å². The molecule has 0 fully saturated rings. The van der Waals surface area contributed by atoms with Crippen LogP contribution in [0.1, 0.15) is 11.3 Å². The first-order chi connectivity index (χ1) is 15.7. The van der Waals surface area contributed by atoms with Gasteiger partial charge in [-0.1, -0.05) is 29.5 Å². The third kappa shape index (κ3) is 5.86. The number of nitrogens with zero attached hydrogens (tertiary/aromatic N) is 3. The quantitative estimate of drug-likeness (QED) is 0.371. The van der Waals surface area contributed by atoms with E-state index in [1.165, 1.54) is 22.2 Å². The van der Waals surface area contributed by atoms with Crippen LogP contribution in [0.25, 0.3) is 11.3 Å². The van der Waals surface area contributed by atoms with Gasteiger partial charge in [-0.25, -0.2) is 14.8 Å². The van der Waals surface area contributed by atoms with Gasteiger partial charge in [-0.3, -0.25) is 4.57 Å². The first-order valence-corrected chi connectivity index (χ1v) is 10.9. The van der Waals surface area contributed by atoms with E-state index in [1.54, 1.807) is 12.4 Å². The van der Waals surface area contributed by atoms with Crippen molar-refractivity contribution in [1.82, 2.24) is 19.9 Å². The fourth-order valence-electron chi connectivity index (χ4n) is 2.91. The second-order valence-electron chi connectivity index (χ2n) is 6.89. The minimum Gasteiger partial charge on any atom is -0.494 e. The number of thiazole rings is 1. The van der Waals surface area contributed by atoms with E-state index in [9.17, 15) is 4.79 Å². The normalized spacial score (nSPS) is 10.6. The van der Waals surface area contributed by atoms with Crippen molar-refractivity contribution in [2.75, 3.05) is 18.9 Å². The molecule has 0 aliphatic heterocycles. The molecule has 8 nitrogen and oxygen atoms in total. The monoisotopic (exact) mass is 449 g/mol. The Morgan fingerprint density at radius 3 is 2.56 bits per heavy atom. The number of rotatable bonds is 9. The number of hydrogen-bond donors (Lipinski definition) is 2. The third-order valence-electron chi connectivity index (χ3n) is 4.53. The van der Waals surface area contributed by atoms with E-state index in [0.717, 1.165) is 21.9 Å². The number of para-hydroxylation sites is 1. The summed E-state index contributed by atoms with van der Waals surface area (Å²) >= 11 is 1.40. The maximum atomic E-state index is 12.3. The van der Waals surface area contributed by atoms with Gasteiger partial charge in [-0.05, 0) is 42.8 Å². The van der Waals surface area contributed by atoms with Gasteiger partial charge in [0.15, 0.2) is 5.13 Å². The second kappa shape index (κ2) is 10.5. The number of carbonyl (C=O) groups is 1. The average Bonchev–Trinajstić information content (AvgIpc) is 3.48. The van der Waals surface area contributed by atoms with Gasteiger partial charge in [0.2, 0.25) is 0 Å². The Kier molecular flexibility index (Phi) is 6.98. The molecule has 0 aliphatic rings. The Hall–Kier alpha value is -3.85. The minimum absolute atomic E-state index is 0.229. The smallest absolute Gasteiger partial charge is 0.326 e. The molecule has 0 radical (unpaired) electrons.